The Hall–Kier alpha value is -1.43. The summed E-state index contributed by atoms with van der Waals surface area (Å²) in [5.74, 6) is -8.29. The summed E-state index contributed by atoms with van der Waals surface area (Å²) in [6.45, 7) is 0.450. The standard InChI is InChI=1S/C4H12N3.5C2H3O2.Ce.H3N/c5-1-3-7-4-2-6;5*1-2(3)4;;/h5,7H,1-4,6H2;5*1H2,(H,3,4);;1H3/q-1;;;;;;+1;. The molecule has 0 heterocycles. The monoisotopic (exact) mass is 554 g/mol. The second kappa shape index (κ2) is 11.1. The molecule has 0 aromatic heterocycles. The van der Waals surface area contributed by atoms with Crippen LogP contribution in [0.2, 0.25) is 9.69 Å². The van der Waals surface area contributed by atoms with Gasteiger partial charge in [0.05, 0.1) is 0 Å². The van der Waals surface area contributed by atoms with Gasteiger partial charge in [0.2, 0.25) is 0 Å². The van der Waals surface area contributed by atoms with Crippen molar-refractivity contribution in [2.45, 2.75) is 9.69 Å². The zero-order chi connectivity index (χ0) is 22.1. The van der Waals surface area contributed by atoms with Gasteiger partial charge in [0.25, 0.3) is 0 Å². The number of carboxylic acids is 5. The van der Waals surface area contributed by atoms with Gasteiger partial charge >= 0.3 is 157 Å². The summed E-state index contributed by atoms with van der Waals surface area (Å²) in [6.07, 6.45) is 0. The summed E-state index contributed by atoms with van der Waals surface area (Å²) in [5.41, 5.74) is 5.32. The third-order valence-electron chi connectivity index (χ3n) is 5.07. The van der Waals surface area contributed by atoms with Gasteiger partial charge in [-0.05, 0) is 0 Å². The van der Waals surface area contributed by atoms with Crippen LogP contribution in [0.5, 0.6) is 0 Å². The van der Waals surface area contributed by atoms with Crippen molar-refractivity contribution in [1.29, 1.82) is 0 Å². The van der Waals surface area contributed by atoms with Gasteiger partial charge in [-0.25, -0.2) is 0 Å². The fraction of sp³-hybridized carbons (Fsp3) is 0.643. The molecular formula is C14H30CeN4O10. The van der Waals surface area contributed by atoms with Crippen molar-refractivity contribution in [2.24, 2.45) is 5.73 Å². The molecule has 0 amide bonds. The molecule has 0 fully saturated rings. The fourth-order valence-electron chi connectivity index (χ4n) is 4.27. The van der Waals surface area contributed by atoms with E-state index >= 15 is 0 Å². The molecule has 170 valence electrons. The number of nitrogens with two attached hydrogens (primary N) is 1. The zero-order valence-electron chi connectivity index (χ0n) is 15.9. The van der Waals surface area contributed by atoms with E-state index in [0.29, 0.717) is 6.54 Å². The Morgan fingerprint density at radius 3 is 1.17 bits per heavy atom. The molecule has 0 aliphatic rings. The molecule has 0 spiro atoms. The molecule has 0 bridgehead atoms. The number of carbonyl (C=O) groups is 5. The molecule has 0 aliphatic carbocycles. The molecule has 0 unspecified atom stereocenters. The van der Waals surface area contributed by atoms with Gasteiger partial charge in [-0.3, -0.25) is 0 Å². The number of carboxylic acid groups (broad SMARTS) is 5. The summed E-state index contributed by atoms with van der Waals surface area (Å²) >= 11 is -7.03. The van der Waals surface area contributed by atoms with Gasteiger partial charge in [-0.1, -0.05) is 0 Å². The Labute approximate surface area is 162 Å². The molecule has 0 rings (SSSR count). The van der Waals surface area contributed by atoms with Crippen LogP contribution in [0.15, 0.2) is 0 Å². The summed E-state index contributed by atoms with van der Waals surface area (Å²) in [6, 6.07) is 0. The van der Waals surface area contributed by atoms with E-state index in [0.717, 1.165) is 0 Å². The van der Waals surface area contributed by atoms with Crippen molar-refractivity contribution in [3.8, 4) is 0 Å². The van der Waals surface area contributed by atoms with Gasteiger partial charge in [-0.2, -0.15) is 0 Å². The molecule has 0 aromatic rings. The van der Waals surface area contributed by atoms with Crippen LogP contribution >= 0.6 is 0 Å². The molecule has 12 N–H and O–H groups in total. The van der Waals surface area contributed by atoms with Crippen molar-refractivity contribution in [2.75, 3.05) is 26.2 Å². The Balaban J connectivity index is 0. The van der Waals surface area contributed by atoms with Crippen LogP contribution in [0.4, 0.5) is 0 Å². The summed E-state index contributed by atoms with van der Waals surface area (Å²) in [4.78, 5) is 58.5. The van der Waals surface area contributed by atoms with E-state index < -0.39 is 69.1 Å². The quantitative estimate of drug-likeness (QED) is 0.103. The van der Waals surface area contributed by atoms with Crippen LogP contribution in [0.3, 0.4) is 0 Å². The summed E-state index contributed by atoms with van der Waals surface area (Å²) in [5, 5.41) is 50.2. The maximum atomic E-state index is 11.7. The minimum absolute atomic E-state index is 0. The summed E-state index contributed by atoms with van der Waals surface area (Å²) in [7, 11) is 0. The van der Waals surface area contributed by atoms with Crippen molar-refractivity contribution < 1.29 is 79.1 Å². The van der Waals surface area contributed by atoms with Crippen LogP contribution in [0.25, 0.3) is 0 Å². The number of aliphatic carboxylic acids is 5. The predicted molar refractivity (Wildman–Crippen MR) is 97.2 cm³/mol. The molecule has 0 aliphatic heterocycles. The van der Waals surface area contributed by atoms with Gasteiger partial charge in [0.1, 0.15) is 0 Å². The summed E-state index contributed by atoms with van der Waals surface area (Å²) < 4.78 is -3.07. The fourth-order valence-corrected chi connectivity index (χ4v) is 29.1. The third-order valence-corrected chi connectivity index (χ3v) is 33.0. The van der Waals surface area contributed by atoms with Crippen molar-refractivity contribution in [3.63, 3.8) is 0 Å². The van der Waals surface area contributed by atoms with Crippen LogP contribution in [0.1, 0.15) is 0 Å². The predicted octanol–water partition coefficient (Wildman–Crippen LogP) is -1.06. The molecule has 0 radical (unpaired) electrons. The SMILES string of the molecule is N.NCCNCC[NH][Ce]([CH2]C(=O)O)([CH2]C(=O)O)([CH2]C(=O)O)([CH2]C(=O)O)[CH2]C(=O)O. The topological polar surface area (TPSA) is 272 Å². The first-order valence-electron chi connectivity index (χ1n) is 8.39. The molecule has 0 atom stereocenters. The Morgan fingerprint density at radius 2 is 0.931 bits per heavy atom. The van der Waals surface area contributed by atoms with Crippen molar-refractivity contribution >= 4 is 29.8 Å². The van der Waals surface area contributed by atoms with Gasteiger partial charge in [-0.15, -0.1) is 0 Å². The first-order chi connectivity index (χ1) is 12.8. The first-order valence-corrected chi connectivity index (χ1v) is 21.1. The van der Waals surface area contributed by atoms with Crippen molar-refractivity contribution in [1.82, 2.24) is 12.7 Å². The van der Waals surface area contributed by atoms with Gasteiger partial charge in [0, 0.05) is 0 Å². The molecule has 14 nitrogen and oxygen atoms in total. The zero-order valence-corrected chi connectivity index (χ0v) is 19.1. The molecule has 0 saturated heterocycles. The number of hydrogen-bond donors (Lipinski definition) is 9. The van der Waals surface area contributed by atoms with E-state index in [2.05, 4.69) is 6.60 Å². The molecule has 29 heavy (non-hydrogen) atoms. The minimum atomic E-state index is -7.03. The molecule has 0 saturated carbocycles. The Kier molecular flexibility index (Phi) is 11.4. The van der Waals surface area contributed by atoms with E-state index in [1.807, 2.05) is 0 Å². The Bertz CT molecular complexity index is 551. The van der Waals surface area contributed by atoms with Crippen molar-refractivity contribution in [3.05, 3.63) is 0 Å². The molecule has 15 heteroatoms. The van der Waals surface area contributed by atoms with Crippen LogP contribution in [0, 0.1) is 29.6 Å². The van der Waals surface area contributed by atoms with Gasteiger partial charge < -0.3 is 6.15 Å². The van der Waals surface area contributed by atoms with E-state index in [9.17, 15) is 49.5 Å². The van der Waals surface area contributed by atoms with Crippen LogP contribution in [-0.4, -0.2) is 81.6 Å². The number of hydrogen-bond acceptors (Lipinski definition) is 9. The molecular weight excluding hydrogens is 524 g/mol. The number of nitrogens with one attached hydrogen (secondary N) is 2. The van der Waals surface area contributed by atoms with Crippen LogP contribution in [-0.2, 0) is 24.0 Å². The Morgan fingerprint density at radius 1 is 0.621 bits per heavy atom. The normalized spacial score (nSPS) is 13.4. The third kappa shape index (κ3) is 8.45. The first kappa shape index (κ1) is 29.8. The maximum absolute atomic E-state index is 11.7. The second-order valence-electron chi connectivity index (χ2n) is 7.70. The molecule has 0 aromatic carbocycles. The average molecular weight is 555 g/mol. The average Bonchev–Trinajstić information content (AvgIpc) is 2.42. The van der Waals surface area contributed by atoms with E-state index in [-0.39, 0.29) is 25.8 Å². The van der Waals surface area contributed by atoms with E-state index in [1.165, 1.54) is 0 Å². The van der Waals surface area contributed by atoms with E-state index in [4.69, 9.17) is 5.73 Å². The van der Waals surface area contributed by atoms with Gasteiger partial charge in [0.15, 0.2) is 0 Å². The number of rotatable bonds is 16. The van der Waals surface area contributed by atoms with E-state index in [1.54, 1.807) is 0 Å². The van der Waals surface area contributed by atoms with Crippen LogP contribution < -0.4 is 18.5 Å². The second-order valence-corrected chi connectivity index (χ2v) is 35.6.